The van der Waals surface area contributed by atoms with Gasteiger partial charge >= 0.3 is 5.97 Å². The van der Waals surface area contributed by atoms with E-state index in [0.29, 0.717) is 23.8 Å². The number of methoxy groups -OCH3 is 1. The van der Waals surface area contributed by atoms with Crippen molar-refractivity contribution in [1.82, 2.24) is 4.90 Å². The zero-order chi connectivity index (χ0) is 31.5. The van der Waals surface area contributed by atoms with Gasteiger partial charge in [-0.25, -0.2) is 4.79 Å². The largest absolute Gasteiger partial charge is 0.465 e. The third kappa shape index (κ3) is 7.46. The average molecular weight is 618 g/mol. The predicted octanol–water partition coefficient (Wildman–Crippen LogP) is 8.80. The fourth-order valence-electron chi connectivity index (χ4n) is 6.80. The number of carbonyl (C=O) groups is 1. The standard InChI is InChI=1S/C38H52FNO3Si/c1-38(2,3)44(5,6)43-26-28-13-16-32(22-28)34-10-7-9-31-23-33(37(41)42-4)17-18-35(31)36(34)30-14-11-27(12-15-30)21-29-24-40(25-29)20-8-19-39/h11-12,14-15,17-18,22-23,28-29H,7-10,13,16,19-21,24-26H2,1-6H3. The Morgan fingerprint density at radius 2 is 1.80 bits per heavy atom. The summed E-state index contributed by atoms with van der Waals surface area (Å²) in [5.74, 6) is 0.820. The van der Waals surface area contributed by atoms with Gasteiger partial charge in [0.15, 0.2) is 8.32 Å². The molecule has 1 atom stereocenters. The van der Waals surface area contributed by atoms with Crippen LogP contribution >= 0.6 is 0 Å². The molecular formula is C38H52FNO3Si. The summed E-state index contributed by atoms with van der Waals surface area (Å²) in [4.78, 5) is 14.8. The molecule has 2 aromatic rings. The molecule has 1 unspecified atom stereocenters. The summed E-state index contributed by atoms with van der Waals surface area (Å²) in [7, 11) is -0.350. The Bertz CT molecular complexity index is 1380. The minimum Gasteiger partial charge on any atom is -0.465 e. The summed E-state index contributed by atoms with van der Waals surface area (Å²) in [6, 6.07) is 15.3. The van der Waals surface area contributed by atoms with E-state index >= 15 is 0 Å². The fourth-order valence-corrected chi connectivity index (χ4v) is 7.87. The number of esters is 1. The van der Waals surface area contributed by atoms with E-state index in [4.69, 9.17) is 9.16 Å². The van der Waals surface area contributed by atoms with E-state index in [2.05, 4.69) is 75.2 Å². The van der Waals surface area contributed by atoms with Crippen molar-refractivity contribution in [1.29, 1.82) is 0 Å². The van der Waals surface area contributed by atoms with Crippen LogP contribution in [-0.2, 0) is 22.0 Å². The highest BCUT2D eigenvalue weighted by Crippen LogP contribution is 2.43. The second-order valence-electron chi connectivity index (χ2n) is 14.7. The molecule has 0 bridgehead atoms. The number of nitrogens with zero attached hydrogens (tertiary/aromatic N) is 1. The van der Waals surface area contributed by atoms with E-state index in [0.717, 1.165) is 64.8 Å². The Balaban J connectivity index is 1.43. The van der Waals surface area contributed by atoms with Gasteiger partial charge in [0.25, 0.3) is 0 Å². The van der Waals surface area contributed by atoms with Gasteiger partial charge in [0.2, 0.25) is 0 Å². The van der Waals surface area contributed by atoms with Crippen molar-refractivity contribution >= 4 is 19.9 Å². The Labute approximate surface area is 265 Å². The van der Waals surface area contributed by atoms with E-state index in [1.165, 1.54) is 46.1 Å². The maximum Gasteiger partial charge on any atom is 0.337 e. The van der Waals surface area contributed by atoms with Crippen LogP contribution in [0.4, 0.5) is 4.39 Å². The molecule has 5 rings (SSSR count). The second-order valence-corrected chi connectivity index (χ2v) is 19.5. The molecule has 4 nitrogen and oxygen atoms in total. The number of alkyl halides is 1. The first-order valence-corrected chi connectivity index (χ1v) is 19.6. The van der Waals surface area contributed by atoms with E-state index < -0.39 is 8.32 Å². The number of likely N-dealkylation sites (tertiary alicyclic amines) is 1. The first kappa shape index (κ1) is 32.8. The van der Waals surface area contributed by atoms with Gasteiger partial charge in [0.05, 0.1) is 19.3 Å². The maximum atomic E-state index is 12.5. The van der Waals surface area contributed by atoms with E-state index in [-0.39, 0.29) is 17.7 Å². The first-order chi connectivity index (χ1) is 21.0. The van der Waals surface area contributed by atoms with Gasteiger partial charge in [-0.1, -0.05) is 57.2 Å². The molecule has 6 heteroatoms. The monoisotopic (exact) mass is 617 g/mol. The topological polar surface area (TPSA) is 38.8 Å². The number of ether oxygens (including phenoxy) is 1. The summed E-state index contributed by atoms with van der Waals surface area (Å²) in [6.07, 6.45) is 9.46. The number of hydrogen-bond donors (Lipinski definition) is 0. The summed E-state index contributed by atoms with van der Waals surface area (Å²) in [5.41, 5.74) is 9.94. The third-order valence-electron chi connectivity index (χ3n) is 10.5. The third-order valence-corrected chi connectivity index (χ3v) is 15.0. The van der Waals surface area contributed by atoms with Crippen molar-refractivity contribution in [3.63, 3.8) is 0 Å². The van der Waals surface area contributed by atoms with Crippen molar-refractivity contribution < 1.29 is 18.3 Å². The highest BCUT2D eigenvalue weighted by Gasteiger charge is 2.38. The van der Waals surface area contributed by atoms with Gasteiger partial charge in [0.1, 0.15) is 0 Å². The molecule has 2 aliphatic carbocycles. The van der Waals surface area contributed by atoms with Crippen molar-refractivity contribution in [2.24, 2.45) is 11.8 Å². The number of benzene rings is 2. The molecule has 0 N–H and O–H groups in total. The number of allylic oxidation sites excluding steroid dienone is 2. The fraction of sp³-hybridized carbons (Fsp3) is 0.553. The van der Waals surface area contributed by atoms with Crippen LogP contribution in [0.3, 0.4) is 0 Å². The number of fused-ring (bicyclic) bond motifs is 1. The molecule has 0 radical (unpaired) electrons. The lowest BCUT2D eigenvalue weighted by molar-refractivity contribution is 0.0600. The molecule has 1 aliphatic heterocycles. The molecule has 0 amide bonds. The zero-order valence-electron chi connectivity index (χ0n) is 27.8. The van der Waals surface area contributed by atoms with Crippen LogP contribution in [0.15, 0.2) is 59.7 Å². The highest BCUT2D eigenvalue weighted by molar-refractivity contribution is 6.74. The maximum absolute atomic E-state index is 12.5. The highest BCUT2D eigenvalue weighted by atomic mass is 28.4. The van der Waals surface area contributed by atoms with Gasteiger partial charge in [-0.15, -0.1) is 0 Å². The Morgan fingerprint density at radius 1 is 1.05 bits per heavy atom. The first-order valence-electron chi connectivity index (χ1n) is 16.7. The molecule has 238 valence electrons. The van der Waals surface area contributed by atoms with Crippen molar-refractivity contribution in [2.75, 3.05) is 40.0 Å². The summed E-state index contributed by atoms with van der Waals surface area (Å²) in [6.45, 7) is 15.2. The molecule has 44 heavy (non-hydrogen) atoms. The van der Waals surface area contributed by atoms with Crippen LogP contribution < -0.4 is 0 Å². The quantitative estimate of drug-likeness (QED) is 0.187. The van der Waals surface area contributed by atoms with Crippen LogP contribution in [0, 0.1) is 11.8 Å². The van der Waals surface area contributed by atoms with Crippen LogP contribution in [0.25, 0.3) is 5.57 Å². The van der Waals surface area contributed by atoms with E-state index in [1.54, 1.807) is 0 Å². The van der Waals surface area contributed by atoms with Gasteiger partial charge in [0, 0.05) is 26.2 Å². The number of carbonyl (C=O) groups excluding carboxylic acids is 1. The minimum atomic E-state index is -1.80. The van der Waals surface area contributed by atoms with Crippen molar-refractivity contribution in [3.8, 4) is 0 Å². The summed E-state index contributed by atoms with van der Waals surface area (Å²) in [5, 5.41) is 0.210. The van der Waals surface area contributed by atoms with Crippen LogP contribution in [0.2, 0.25) is 18.1 Å². The van der Waals surface area contributed by atoms with Crippen molar-refractivity contribution in [3.05, 3.63) is 87.5 Å². The minimum absolute atomic E-state index is 0.210. The molecule has 0 saturated carbocycles. The van der Waals surface area contributed by atoms with Gasteiger partial charge in [-0.05, 0) is 126 Å². The second kappa shape index (κ2) is 13.8. The lowest BCUT2D eigenvalue weighted by atomic mass is 9.86. The van der Waals surface area contributed by atoms with Crippen LogP contribution in [-0.4, -0.2) is 59.2 Å². The summed E-state index contributed by atoms with van der Waals surface area (Å²) < 4.78 is 24.2. The Morgan fingerprint density at radius 3 is 2.48 bits per heavy atom. The molecule has 3 aliphatic rings. The van der Waals surface area contributed by atoms with Gasteiger partial charge < -0.3 is 14.1 Å². The van der Waals surface area contributed by atoms with E-state index in [9.17, 15) is 9.18 Å². The van der Waals surface area contributed by atoms with Crippen LogP contribution in [0.5, 0.6) is 0 Å². The Hall–Kier alpha value is -2.54. The van der Waals surface area contributed by atoms with Gasteiger partial charge in [-0.2, -0.15) is 0 Å². The molecule has 0 aromatic heterocycles. The zero-order valence-corrected chi connectivity index (χ0v) is 28.8. The molecule has 1 fully saturated rings. The van der Waals surface area contributed by atoms with Crippen LogP contribution in [0.1, 0.15) is 85.5 Å². The van der Waals surface area contributed by atoms with Crippen molar-refractivity contribution in [2.45, 2.75) is 83.8 Å². The number of hydrogen-bond acceptors (Lipinski definition) is 4. The molecular weight excluding hydrogens is 566 g/mol. The van der Waals surface area contributed by atoms with Gasteiger partial charge in [-0.3, -0.25) is 4.39 Å². The number of rotatable bonds is 11. The Kier molecular flexibility index (Phi) is 10.3. The lowest BCUT2D eigenvalue weighted by Crippen LogP contribution is -2.47. The average Bonchev–Trinajstić information content (AvgIpc) is 3.37. The molecule has 1 saturated heterocycles. The molecule has 2 aromatic carbocycles. The SMILES string of the molecule is COC(=O)c1ccc2c(c1)CCCC(C1=CC(CO[Si](C)(C)C(C)(C)C)CC1)=C2c1ccc(CC2CN(CCCF)C2)cc1. The summed E-state index contributed by atoms with van der Waals surface area (Å²) >= 11 is 0. The predicted molar refractivity (Wildman–Crippen MR) is 181 cm³/mol. The number of halogens is 1. The smallest absolute Gasteiger partial charge is 0.337 e. The lowest BCUT2D eigenvalue weighted by Gasteiger charge is -2.39. The molecule has 1 heterocycles. The number of aryl methyl sites for hydroxylation is 1. The van der Waals surface area contributed by atoms with E-state index in [1.807, 2.05) is 12.1 Å². The molecule has 0 spiro atoms. The normalized spacial score (nSPS) is 19.8.